The standard InChI is InChI=1S/C25H25ClF3N9O3/c1-31-19-10-32-16(8-33-19)17(7-30)41-18-9-34-22-21(20(18)26)37(2)24(36-22)35-15-6-13(25(27,28)29)11-38(23(15)39)14-4-3-5-40-12-14/h6-11,14,30-32H,3-5,12H2,1-2H3,(H,34,35,36)/p+1/b17-16+,30-7?. The van der Waals surface area contributed by atoms with Crippen LogP contribution < -0.4 is 26.2 Å². The zero-order chi connectivity index (χ0) is 29.3. The number of aliphatic imine (C=N–C) groups is 1. The summed E-state index contributed by atoms with van der Waals surface area (Å²) in [5.41, 5.74) is -0.959. The number of nitrogens with two attached hydrogens (primary N) is 1. The molecule has 0 aliphatic carbocycles. The first-order chi connectivity index (χ1) is 19.6. The number of halogens is 4. The minimum absolute atomic E-state index is 0.0394. The van der Waals surface area contributed by atoms with Crippen molar-refractivity contribution in [3.05, 3.63) is 62.9 Å². The zero-order valence-corrected chi connectivity index (χ0v) is 22.7. The van der Waals surface area contributed by atoms with Crippen LogP contribution in [0.4, 0.5) is 24.8 Å². The monoisotopic (exact) mass is 592 g/mol. The molecule has 3 aromatic rings. The third-order valence-electron chi connectivity index (χ3n) is 6.61. The Bertz CT molecular complexity index is 1650. The predicted octanol–water partition coefficient (Wildman–Crippen LogP) is 2.80. The average molecular weight is 593 g/mol. The van der Waals surface area contributed by atoms with Gasteiger partial charge in [-0.05, 0) is 18.9 Å². The van der Waals surface area contributed by atoms with Crippen molar-refractivity contribution in [3.63, 3.8) is 0 Å². The molecule has 1 atom stereocenters. The zero-order valence-electron chi connectivity index (χ0n) is 21.9. The van der Waals surface area contributed by atoms with E-state index in [1.54, 1.807) is 25.6 Å². The van der Waals surface area contributed by atoms with Crippen molar-refractivity contribution in [2.45, 2.75) is 25.1 Å². The molecule has 12 nitrogen and oxygen atoms in total. The van der Waals surface area contributed by atoms with Crippen LogP contribution in [0.25, 0.3) is 11.2 Å². The van der Waals surface area contributed by atoms with E-state index >= 15 is 0 Å². The molecule has 5 N–H and O–H groups in total. The molecule has 0 saturated carbocycles. The molecule has 216 valence electrons. The highest BCUT2D eigenvalue weighted by atomic mass is 35.5. The van der Waals surface area contributed by atoms with Gasteiger partial charge in [0, 0.05) is 26.9 Å². The van der Waals surface area contributed by atoms with Crippen LogP contribution in [0.3, 0.4) is 0 Å². The van der Waals surface area contributed by atoms with E-state index in [9.17, 15) is 18.0 Å². The van der Waals surface area contributed by atoms with Gasteiger partial charge < -0.3 is 34.7 Å². The molecule has 16 heteroatoms. The number of nitrogens with zero attached hydrogens (tertiary/aromatic N) is 5. The number of ether oxygens (including phenoxy) is 2. The van der Waals surface area contributed by atoms with Gasteiger partial charge in [0.05, 0.1) is 36.8 Å². The van der Waals surface area contributed by atoms with Gasteiger partial charge in [-0.15, -0.1) is 0 Å². The number of quaternary nitrogens is 1. The van der Waals surface area contributed by atoms with Gasteiger partial charge in [0.15, 0.2) is 22.9 Å². The fourth-order valence-corrected chi connectivity index (χ4v) is 4.75. The van der Waals surface area contributed by atoms with Crippen molar-refractivity contribution in [1.29, 1.82) is 5.41 Å². The van der Waals surface area contributed by atoms with Crippen LogP contribution in [0.15, 0.2) is 51.7 Å². The number of hydrogen-bond donors (Lipinski definition) is 4. The number of pyridine rings is 2. The first kappa shape index (κ1) is 28.3. The van der Waals surface area contributed by atoms with Crippen LogP contribution >= 0.6 is 11.6 Å². The number of imidazole rings is 1. The summed E-state index contributed by atoms with van der Waals surface area (Å²) in [4.78, 5) is 26.1. The van der Waals surface area contributed by atoms with Crippen molar-refractivity contribution < 1.29 is 28.0 Å². The van der Waals surface area contributed by atoms with Gasteiger partial charge in [0.1, 0.15) is 22.4 Å². The summed E-state index contributed by atoms with van der Waals surface area (Å²) in [6.45, 7) is 0.632. The number of anilines is 2. The van der Waals surface area contributed by atoms with Gasteiger partial charge in [-0.25, -0.2) is 9.98 Å². The molecule has 0 bridgehead atoms. The van der Waals surface area contributed by atoms with Crippen LogP contribution in [0.1, 0.15) is 24.4 Å². The summed E-state index contributed by atoms with van der Waals surface area (Å²) >= 11 is 6.65. The van der Waals surface area contributed by atoms with Gasteiger partial charge in [-0.3, -0.25) is 10.1 Å². The van der Waals surface area contributed by atoms with E-state index in [-0.39, 0.29) is 40.4 Å². The molecule has 2 aliphatic heterocycles. The van der Waals surface area contributed by atoms with Gasteiger partial charge in [0.25, 0.3) is 5.56 Å². The quantitative estimate of drug-likeness (QED) is 0.244. The minimum Gasteiger partial charge on any atom is -0.446 e. The number of allylic oxidation sites excluding steroid dienone is 2. The number of hydrogen-bond acceptors (Lipinski definition) is 9. The Kier molecular flexibility index (Phi) is 7.84. The van der Waals surface area contributed by atoms with E-state index in [4.69, 9.17) is 26.5 Å². The van der Waals surface area contributed by atoms with E-state index in [0.717, 1.165) is 23.0 Å². The molecule has 41 heavy (non-hydrogen) atoms. The molecule has 1 saturated heterocycles. The topological polar surface area (TPSA) is 148 Å². The number of aromatic nitrogens is 4. The number of aryl methyl sites for hydroxylation is 1. The highest BCUT2D eigenvalue weighted by Gasteiger charge is 2.33. The summed E-state index contributed by atoms with van der Waals surface area (Å²) in [7, 11) is 3.30. The largest absolute Gasteiger partial charge is 0.446 e. The fourth-order valence-electron chi connectivity index (χ4n) is 4.45. The van der Waals surface area contributed by atoms with Crippen molar-refractivity contribution >= 4 is 46.8 Å². The van der Waals surface area contributed by atoms with E-state index < -0.39 is 23.3 Å². The van der Waals surface area contributed by atoms with Crippen molar-refractivity contribution in [2.24, 2.45) is 12.0 Å². The highest BCUT2D eigenvalue weighted by molar-refractivity contribution is 6.36. The Balaban J connectivity index is 1.50. The smallest absolute Gasteiger partial charge is 0.417 e. The van der Waals surface area contributed by atoms with E-state index in [1.807, 2.05) is 0 Å². The van der Waals surface area contributed by atoms with Crippen LogP contribution in [0.2, 0.25) is 5.02 Å². The molecule has 0 aromatic carbocycles. The van der Waals surface area contributed by atoms with E-state index in [0.29, 0.717) is 36.5 Å². The van der Waals surface area contributed by atoms with Crippen LogP contribution in [0.5, 0.6) is 5.75 Å². The maximum Gasteiger partial charge on any atom is 0.417 e. The average Bonchev–Trinajstić information content (AvgIpc) is 3.29. The van der Waals surface area contributed by atoms with Gasteiger partial charge in [0.2, 0.25) is 11.7 Å². The minimum atomic E-state index is -4.68. The Morgan fingerprint density at radius 3 is 2.83 bits per heavy atom. The molecule has 5 rings (SSSR count). The number of alkyl halides is 3. The molecule has 1 unspecified atom stereocenters. The summed E-state index contributed by atoms with van der Waals surface area (Å²) < 4.78 is 55.1. The van der Waals surface area contributed by atoms with Gasteiger partial charge >= 0.3 is 6.18 Å². The number of rotatable bonds is 7. The van der Waals surface area contributed by atoms with Crippen molar-refractivity contribution in [2.75, 3.05) is 25.6 Å². The summed E-state index contributed by atoms with van der Waals surface area (Å²) in [6.07, 6.45) is 2.85. The lowest BCUT2D eigenvalue weighted by molar-refractivity contribution is -0.529. The predicted molar refractivity (Wildman–Crippen MR) is 146 cm³/mol. The molecule has 1 fully saturated rings. The van der Waals surface area contributed by atoms with Gasteiger partial charge in [-0.2, -0.15) is 18.2 Å². The van der Waals surface area contributed by atoms with Gasteiger partial charge in [-0.1, -0.05) is 11.6 Å². The van der Waals surface area contributed by atoms with Crippen LogP contribution in [0, 0.1) is 5.41 Å². The second-order valence-electron chi connectivity index (χ2n) is 9.24. The summed E-state index contributed by atoms with van der Waals surface area (Å²) in [5.74, 6) is 0.940. The van der Waals surface area contributed by atoms with Crippen LogP contribution in [-0.4, -0.2) is 51.8 Å². The SMILES string of the molecule is CNC1=C[NH2+]/C(=C(\C=N)Oc2cnc3nc(Nc4cc(C(F)(F)F)cn(C5CCCOC5)c4=O)n(C)c3c2Cl)C=N1. The Morgan fingerprint density at radius 2 is 2.20 bits per heavy atom. The third kappa shape index (κ3) is 5.68. The van der Waals surface area contributed by atoms with Crippen LogP contribution in [-0.2, 0) is 18.0 Å². The Morgan fingerprint density at radius 1 is 1.39 bits per heavy atom. The van der Waals surface area contributed by atoms with Crippen molar-refractivity contribution in [1.82, 2.24) is 24.4 Å². The molecule has 0 radical (unpaired) electrons. The molecule has 2 aliphatic rings. The molecule has 5 heterocycles. The third-order valence-corrected chi connectivity index (χ3v) is 6.97. The second kappa shape index (κ2) is 11.3. The Labute approximate surface area is 236 Å². The van der Waals surface area contributed by atoms with Crippen molar-refractivity contribution in [3.8, 4) is 5.75 Å². The molecular weight excluding hydrogens is 567 g/mol. The lowest BCUT2D eigenvalue weighted by atomic mass is 10.1. The maximum atomic E-state index is 13.8. The molecule has 0 spiro atoms. The summed E-state index contributed by atoms with van der Waals surface area (Å²) in [6, 6.07) is 0.226. The second-order valence-corrected chi connectivity index (χ2v) is 9.62. The number of nitrogens with one attached hydrogen (secondary N) is 3. The first-order valence-corrected chi connectivity index (χ1v) is 12.9. The maximum absolute atomic E-state index is 13.8. The molecular formula is C25H26ClF3N9O3+. The number of fused-ring (bicyclic) bond motifs is 1. The highest BCUT2D eigenvalue weighted by Crippen LogP contribution is 2.35. The summed E-state index contributed by atoms with van der Waals surface area (Å²) in [5, 5.41) is 15.2. The lowest BCUT2D eigenvalue weighted by Crippen LogP contribution is -2.78. The first-order valence-electron chi connectivity index (χ1n) is 12.5. The molecule has 0 amide bonds. The fraction of sp³-hybridized carbons (Fsp3) is 0.320. The molecule has 3 aromatic heterocycles. The normalized spacial score (nSPS) is 18.7. The Hall–Kier alpha value is -4.21. The lowest BCUT2D eigenvalue weighted by Gasteiger charge is -2.25. The van der Waals surface area contributed by atoms with E-state index in [2.05, 4.69) is 25.6 Å². The van der Waals surface area contributed by atoms with E-state index in [1.165, 1.54) is 17.0 Å².